The van der Waals surface area contributed by atoms with Crippen LogP contribution in [0.2, 0.25) is 0 Å². The van der Waals surface area contributed by atoms with Crippen LogP contribution in [0.15, 0.2) is 48.5 Å². The summed E-state index contributed by atoms with van der Waals surface area (Å²) in [5.41, 5.74) is 4.31. The molecule has 1 heterocycles. The van der Waals surface area contributed by atoms with E-state index in [0.29, 0.717) is 36.7 Å². The molecule has 0 saturated heterocycles. The lowest BCUT2D eigenvalue weighted by Gasteiger charge is -2.14. The van der Waals surface area contributed by atoms with Crippen LogP contribution in [0.5, 0.6) is 11.5 Å². The van der Waals surface area contributed by atoms with E-state index in [1.807, 2.05) is 48.7 Å². The Morgan fingerprint density at radius 1 is 1.00 bits per heavy atom. The SMILES string of the molecule is COc1ccc(CCNC(=O)c2c(C)cc(C)n2Cc2cccc(F)c2)cc1OC. The Morgan fingerprint density at radius 2 is 1.77 bits per heavy atom. The summed E-state index contributed by atoms with van der Waals surface area (Å²) in [7, 11) is 3.20. The standard InChI is InChI=1S/C24H27FN2O3/c1-16-12-17(2)27(15-19-6-5-7-20(25)13-19)23(16)24(28)26-11-10-18-8-9-21(29-3)22(14-18)30-4/h5-9,12-14H,10-11,15H2,1-4H3,(H,26,28). The van der Waals surface area contributed by atoms with E-state index >= 15 is 0 Å². The molecule has 3 rings (SSSR count). The smallest absolute Gasteiger partial charge is 0.268 e. The normalized spacial score (nSPS) is 10.7. The van der Waals surface area contributed by atoms with E-state index in [2.05, 4.69) is 5.32 Å². The van der Waals surface area contributed by atoms with Crippen LogP contribution in [0.1, 0.15) is 32.9 Å². The number of ether oxygens (including phenoxy) is 2. The van der Waals surface area contributed by atoms with Crippen molar-refractivity contribution in [2.45, 2.75) is 26.8 Å². The Balaban J connectivity index is 1.70. The van der Waals surface area contributed by atoms with Gasteiger partial charge in [-0.1, -0.05) is 18.2 Å². The number of methoxy groups -OCH3 is 2. The number of benzene rings is 2. The number of aryl methyl sites for hydroxylation is 2. The monoisotopic (exact) mass is 410 g/mol. The lowest BCUT2D eigenvalue weighted by molar-refractivity contribution is 0.0944. The Bertz CT molecular complexity index is 1040. The Labute approximate surface area is 176 Å². The summed E-state index contributed by atoms with van der Waals surface area (Å²) in [6, 6.07) is 14.1. The number of nitrogens with one attached hydrogen (secondary N) is 1. The predicted molar refractivity (Wildman–Crippen MR) is 115 cm³/mol. The molecule has 0 aliphatic heterocycles. The number of carbonyl (C=O) groups is 1. The van der Waals surface area contributed by atoms with Gasteiger partial charge in [-0.2, -0.15) is 0 Å². The molecule has 0 radical (unpaired) electrons. The fourth-order valence-electron chi connectivity index (χ4n) is 3.61. The van der Waals surface area contributed by atoms with Gasteiger partial charge in [-0.05, 0) is 67.3 Å². The highest BCUT2D eigenvalue weighted by Crippen LogP contribution is 2.27. The minimum Gasteiger partial charge on any atom is -0.493 e. The van der Waals surface area contributed by atoms with Crippen LogP contribution < -0.4 is 14.8 Å². The molecule has 0 aliphatic carbocycles. The van der Waals surface area contributed by atoms with Gasteiger partial charge in [-0.15, -0.1) is 0 Å². The quantitative estimate of drug-likeness (QED) is 0.603. The molecule has 1 aromatic heterocycles. The molecule has 0 atom stereocenters. The fraction of sp³-hybridized carbons (Fsp3) is 0.292. The highest BCUT2D eigenvalue weighted by Gasteiger charge is 2.17. The van der Waals surface area contributed by atoms with Gasteiger partial charge >= 0.3 is 0 Å². The molecule has 0 aliphatic rings. The van der Waals surface area contributed by atoms with E-state index in [4.69, 9.17) is 9.47 Å². The van der Waals surface area contributed by atoms with Crippen molar-refractivity contribution in [1.82, 2.24) is 9.88 Å². The van der Waals surface area contributed by atoms with E-state index in [-0.39, 0.29) is 11.7 Å². The number of aromatic nitrogens is 1. The summed E-state index contributed by atoms with van der Waals surface area (Å²) in [5, 5.41) is 3.00. The van der Waals surface area contributed by atoms with Gasteiger partial charge in [-0.3, -0.25) is 4.79 Å². The number of halogens is 1. The molecule has 0 spiro atoms. The second-order valence-electron chi connectivity index (χ2n) is 7.23. The molecular weight excluding hydrogens is 383 g/mol. The van der Waals surface area contributed by atoms with Gasteiger partial charge in [0.05, 0.1) is 14.2 Å². The molecule has 0 unspecified atom stereocenters. The number of amides is 1. The van der Waals surface area contributed by atoms with Crippen LogP contribution in [0.4, 0.5) is 4.39 Å². The van der Waals surface area contributed by atoms with E-state index < -0.39 is 0 Å². The van der Waals surface area contributed by atoms with Gasteiger partial charge in [0, 0.05) is 18.8 Å². The first kappa shape index (κ1) is 21.4. The molecule has 158 valence electrons. The van der Waals surface area contributed by atoms with Gasteiger partial charge in [0.1, 0.15) is 11.5 Å². The molecular formula is C24H27FN2O3. The average molecular weight is 410 g/mol. The third-order valence-electron chi connectivity index (χ3n) is 5.09. The number of carbonyl (C=O) groups excluding carboxylic acids is 1. The molecule has 0 saturated carbocycles. The van der Waals surface area contributed by atoms with Crippen LogP contribution in [0, 0.1) is 19.7 Å². The van der Waals surface area contributed by atoms with Gasteiger partial charge in [0.15, 0.2) is 11.5 Å². The first-order valence-electron chi connectivity index (χ1n) is 9.83. The van der Waals surface area contributed by atoms with E-state index in [0.717, 1.165) is 22.4 Å². The third-order valence-corrected chi connectivity index (χ3v) is 5.09. The third kappa shape index (κ3) is 4.82. The molecule has 5 nitrogen and oxygen atoms in total. The van der Waals surface area contributed by atoms with Gasteiger partial charge in [0.25, 0.3) is 5.91 Å². The zero-order valence-electron chi connectivity index (χ0n) is 17.8. The van der Waals surface area contributed by atoms with Crippen LogP contribution >= 0.6 is 0 Å². The Morgan fingerprint density at radius 3 is 2.47 bits per heavy atom. The minimum absolute atomic E-state index is 0.141. The van der Waals surface area contributed by atoms with Crippen molar-refractivity contribution in [3.05, 3.63) is 82.4 Å². The van der Waals surface area contributed by atoms with E-state index in [1.54, 1.807) is 20.3 Å². The number of hydrogen-bond donors (Lipinski definition) is 1. The van der Waals surface area contributed by atoms with E-state index in [9.17, 15) is 9.18 Å². The van der Waals surface area contributed by atoms with E-state index in [1.165, 1.54) is 12.1 Å². The minimum atomic E-state index is -0.282. The maximum absolute atomic E-state index is 13.6. The average Bonchev–Trinajstić information content (AvgIpc) is 3.00. The summed E-state index contributed by atoms with van der Waals surface area (Å²) in [5.74, 6) is 0.913. The predicted octanol–water partition coefficient (Wildman–Crippen LogP) is 4.28. The number of hydrogen-bond acceptors (Lipinski definition) is 3. The second kappa shape index (κ2) is 9.48. The molecule has 1 N–H and O–H groups in total. The first-order chi connectivity index (χ1) is 14.4. The van der Waals surface area contributed by atoms with Gasteiger partial charge in [-0.25, -0.2) is 4.39 Å². The maximum atomic E-state index is 13.6. The van der Waals surface area contributed by atoms with Crippen molar-refractivity contribution in [2.75, 3.05) is 20.8 Å². The summed E-state index contributed by atoms with van der Waals surface area (Å²) in [6.07, 6.45) is 0.661. The molecule has 30 heavy (non-hydrogen) atoms. The molecule has 3 aromatic rings. The lowest BCUT2D eigenvalue weighted by atomic mass is 10.1. The van der Waals surface area contributed by atoms with Crippen molar-refractivity contribution in [3.63, 3.8) is 0 Å². The topological polar surface area (TPSA) is 52.5 Å². The van der Waals surface area contributed by atoms with Crippen molar-refractivity contribution in [2.24, 2.45) is 0 Å². The number of rotatable bonds is 8. The first-order valence-corrected chi connectivity index (χ1v) is 9.83. The van der Waals surface area contributed by atoms with Crippen molar-refractivity contribution >= 4 is 5.91 Å². The molecule has 0 bridgehead atoms. The van der Waals surface area contributed by atoms with Crippen molar-refractivity contribution in [1.29, 1.82) is 0 Å². The lowest BCUT2D eigenvalue weighted by Crippen LogP contribution is -2.29. The summed E-state index contributed by atoms with van der Waals surface area (Å²) in [6.45, 7) is 4.79. The largest absolute Gasteiger partial charge is 0.493 e. The molecule has 0 fully saturated rings. The van der Waals surface area contributed by atoms with Gasteiger partial charge in [0.2, 0.25) is 0 Å². The zero-order valence-corrected chi connectivity index (χ0v) is 17.8. The highest BCUT2D eigenvalue weighted by atomic mass is 19.1. The van der Waals surface area contributed by atoms with Crippen LogP contribution in [0.3, 0.4) is 0 Å². The zero-order chi connectivity index (χ0) is 21.7. The summed E-state index contributed by atoms with van der Waals surface area (Å²) in [4.78, 5) is 12.9. The van der Waals surface area contributed by atoms with Crippen LogP contribution in [0.25, 0.3) is 0 Å². The molecule has 2 aromatic carbocycles. The summed E-state index contributed by atoms with van der Waals surface area (Å²) < 4.78 is 26.1. The molecule has 6 heteroatoms. The Kier molecular flexibility index (Phi) is 6.77. The van der Waals surface area contributed by atoms with Crippen molar-refractivity contribution in [3.8, 4) is 11.5 Å². The Hall–Kier alpha value is -3.28. The van der Waals surface area contributed by atoms with Crippen molar-refractivity contribution < 1.29 is 18.7 Å². The van der Waals surface area contributed by atoms with Crippen LogP contribution in [-0.4, -0.2) is 31.2 Å². The van der Waals surface area contributed by atoms with Gasteiger partial charge < -0.3 is 19.4 Å². The second-order valence-corrected chi connectivity index (χ2v) is 7.23. The molecule has 1 amide bonds. The fourth-order valence-corrected chi connectivity index (χ4v) is 3.61. The summed E-state index contributed by atoms with van der Waals surface area (Å²) >= 11 is 0. The van der Waals surface area contributed by atoms with Crippen LogP contribution in [-0.2, 0) is 13.0 Å². The maximum Gasteiger partial charge on any atom is 0.268 e. The number of nitrogens with zero attached hydrogens (tertiary/aromatic N) is 1. The highest BCUT2D eigenvalue weighted by molar-refractivity contribution is 5.94.